The zero-order valence-electron chi connectivity index (χ0n) is 13.0. The van der Waals surface area contributed by atoms with Gasteiger partial charge < -0.3 is 4.79 Å². The smallest absolute Gasteiger partial charge is 0.123 e. The van der Waals surface area contributed by atoms with Gasteiger partial charge in [-0.1, -0.05) is 57.4 Å². The monoisotopic (exact) mass is 272 g/mol. The number of unbranched alkanes of at least 4 members (excludes halogenated alkanes) is 2. The van der Waals surface area contributed by atoms with Crippen LogP contribution in [-0.4, -0.2) is 6.29 Å². The van der Waals surface area contributed by atoms with Crippen molar-refractivity contribution in [2.75, 3.05) is 0 Å². The van der Waals surface area contributed by atoms with Crippen molar-refractivity contribution >= 4 is 6.29 Å². The Hall–Kier alpha value is -1.11. The Morgan fingerprint density at radius 1 is 1.15 bits per heavy atom. The molecule has 0 saturated heterocycles. The fourth-order valence-electron chi connectivity index (χ4n) is 3.50. The maximum Gasteiger partial charge on any atom is 0.123 e. The Kier molecular flexibility index (Phi) is 5.82. The number of carbonyl (C=O) groups excluding carboxylic acids is 1. The second kappa shape index (κ2) is 7.61. The summed E-state index contributed by atoms with van der Waals surface area (Å²) in [6, 6.07) is 9.06. The van der Waals surface area contributed by atoms with Crippen molar-refractivity contribution in [2.45, 2.75) is 64.7 Å². The van der Waals surface area contributed by atoms with Gasteiger partial charge in [-0.2, -0.15) is 0 Å². The molecule has 0 aliphatic heterocycles. The average molecular weight is 272 g/mol. The normalized spacial score (nSPS) is 26.4. The first-order chi connectivity index (χ1) is 9.74. The number of hydrogen-bond acceptors (Lipinski definition) is 1. The Morgan fingerprint density at radius 2 is 1.90 bits per heavy atom. The molecule has 1 fully saturated rings. The van der Waals surface area contributed by atoms with Gasteiger partial charge in [0.25, 0.3) is 0 Å². The zero-order chi connectivity index (χ0) is 14.4. The molecule has 1 saturated carbocycles. The summed E-state index contributed by atoms with van der Waals surface area (Å²) >= 11 is 0. The summed E-state index contributed by atoms with van der Waals surface area (Å²) in [6.07, 6.45) is 9.74. The fourth-order valence-corrected chi connectivity index (χ4v) is 3.50. The molecular formula is C19H28O. The molecule has 1 aromatic rings. The van der Waals surface area contributed by atoms with Crippen LogP contribution in [0.5, 0.6) is 0 Å². The summed E-state index contributed by atoms with van der Waals surface area (Å²) in [5.41, 5.74) is 2.81. The Balaban J connectivity index is 1.99. The summed E-state index contributed by atoms with van der Waals surface area (Å²) in [5.74, 6) is 1.38. The first-order valence-corrected chi connectivity index (χ1v) is 8.28. The fraction of sp³-hybridized carbons (Fsp3) is 0.632. The van der Waals surface area contributed by atoms with Gasteiger partial charge in [-0.25, -0.2) is 0 Å². The topological polar surface area (TPSA) is 17.1 Å². The molecule has 0 heterocycles. The van der Waals surface area contributed by atoms with Crippen LogP contribution in [0.1, 0.15) is 69.4 Å². The summed E-state index contributed by atoms with van der Waals surface area (Å²) in [4.78, 5) is 11.3. The average Bonchev–Trinajstić information content (AvgIpc) is 2.48. The van der Waals surface area contributed by atoms with Gasteiger partial charge in [-0.3, -0.25) is 0 Å². The minimum absolute atomic E-state index is 0.227. The number of carbonyl (C=O) groups is 1. The van der Waals surface area contributed by atoms with Crippen LogP contribution in [0.25, 0.3) is 0 Å². The highest BCUT2D eigenvalue weighted by Crippen LogP contribution is 2.39. The number of rotatable bonds is 6. The zero-order valence-corrected chi connectivity index (χ0v) is 13.0. The SMILES string of the molecule is CCCCCc1ccc(C2CCC(C)CC2C=O)cc1. The van der Waals surface area contributed by atoms with E-state index in [1.54, 1.807) is 0 Å². The Labute approximate surface area is 123 Å². The predicted octanol–water partition coefficient (Wildman–Crippen LogP) is 5.14. The quantitative estimate of drug-likeness (QED) is 0.518. The number of aldehydes is 1. The van der Waals surface area contributed by atoms with Crippen LogP contribution < -0.4 is 0 Å². The molecule has 1 aliphatic rings. The van der Waals surface area contributed by atoms with Crippen molar-refractivity contribution in [3.63, 3.8) is 0 Å². The van der Waals surface area contributed by atoms with Gasteiger partial charge in [0.1, 0.15) is 6.29 Å². The molecule has 110 valence electrons. The van der Waals surface area contributed by atoms with Crippen LogP contribution in [0.2, 0.25) is 0 Å². The van der Waals surface area contributed by atoms with Gasteiger partial charge in [0.2, 0.25) is 0 Å². The van der Waals surface area contributed by atoms with Crippen LogP contribution in [-0.2, 0) is 11.2 Å². The summed E-state index contributed by atoms with van der Waals surface area (Å²) in [5, 5.41) is 0. The Bertz CT molecular complexity index is 406. The van der Waals surface area contributed by atoms with E-state index in [1.807, 2.05) is 0 Å². The lowest BCUT2D eigenvalue weighted by Crippen LogP contribution is -2.23. The minimum Gasteiger partial charge on any atom is -0.303 e. The van der Waals surface area contributed by atoms with E-state index in [4.69, 9.17) is 0 Å². The van der Waals surface area contributed by atoms with E-state index < -0.39 is 0 Å². The molecule has 1 nitrogen and oxygen atoms in total. The third kappa shape index (κ3) is 3.94. The summed E-state index contributed by atoms with van der Waals surface area (Å²) in [6.45, 7) is 4.51. The highest BCUT2D eigenvalue weighted by atomic mass is 16.1. The van der Waals surface area contributed by atoms with E-state index in [0.717, 1.165) is 6.42 Å². The van der Waals surface area contributed by atoms with Crippen molar-refractivity contribution in [3.8, 4) is 0 Å². The molecule has 0 bridgehead atoms. The second-order valence-corrected chi connectivity index (χ2v) is 6.52. The van der Waals surface area contributed by atoms with Crippen molar-refractivity contribution in [3.05, 3.63) is 35.4 Å². The van der Waals surface area contributed by atoms with Crippen molar-refractivity contribution in [1.29, 1.82) is 0 Å². The summed E-state index contributed by atoms with van der Waals surface area (Å²) in [7, 11) is 0. The van der Waals surface area contributed by atoms with Crippen molar-refractivity contribution in [2.24, 2.45) is 11.8 Å². The van der Waals surface area contributed by atoms with Crippen molar-refractivity contribution < 1.29 is 4.79 Å². The lowest BCUT2D eigenvalue weighted by atomic mass is 9.72. The van der Waals surface area contributed by atoms with E-state index in [9.17, 15) is 4.79 Å². The number of hydrogen-bond donors (Lipinski definition) is 0. The van der Waals surface area contributed by atoms with Gasteiger partial charge >= 0.3 is 0 Å². The van der Waals surface area contributed by atoms with E-state index in [0.29, 0.717) is 11.8 Å². The highest BCUT2D eigenvalue weighted by molar-refractivity contribution is 5.56. The molecule has 2 rings (SSSR count). The van der Waals surface area contributed by atoms with Gasteiger partial charge in [-0.15, -0.1) is 0 Å². The lowest BCUT2D eigenvalue weighted by Gasteiger charge is -2.32. The van der Waals surface area contributed by atoms with E-state index >= 15 is 0 Å². The molecule has 1 aliphatic carbocycles. The second-order valence-electron chi connectivity index (χ2n) is 6.52. The van der Waals surface area contributed by atoms with E-state index in [-0.39, 0.29) is 5.92 Å². The number of benzene rings is 1. The molecule has 3 unspecified atom stereocenters. The van der Waals surface area contributed by atoms with E-state index in [2.05, 4.69) is 38.1 Å². The molecule has 20 heavy (non-hydrogen) atoms. The van der Waals surface area contributed by atoms with Crippen molar-refractivity contribution in [1.82, 2.24) is 0 Å². The maximum absolute atomic E-state index is 11.3. The Morgan fingerprint density at radius 3 is 2.55 bits per heavy atom. The maximum atomic E-state index is 11.3. The highest BCUT2D eigenvalue weighted by Gasteiger charge is 2.29. The minimum atomic E-state index is 0.227. The molecule has 0 N–H and O–H groups in total. The van der Waals surface area contributed by atoms with Crippen LogP contribution in [0.15, 0.2) is 24.3 Å². The van der Waals surface area contributed by atoms with Crippen LogP contribution in [0, 0.1) is 11.8 Å². The van der Waals surface area contributed by atoms with Gasteiger partial charge in [0.05, 0.1) is 0 Å². The van der Waals surface area contributed by atoms with Gasteiger partial charge in [-0.05, 0) is 48.6 Å². The molecule has 0 aromatic heterocycles. The third-order valence-corrected chi connectivity index (χ3v) is 4.81. The number of aryl methyl sites for hydroxylation is 1. The van der Waals surface area contributed by atoms with Crippen LogP contribution in [0.4, 0.5) is 0 Å². The first kappa shape index (κ1) is 15.3. The largest absolute Gasteiger partial charge is 0.303 e. The molecule has 3 atom stereocenters. The molecule has 1 aromatic carbocycles. The lowest BCUT2D eigenvalue weighted by molar-refractivity contribution is -0.112. The standard InChI is InChI=1S/C19H28O/c1-3-4-5-6-16-8-10-17(11-9-16)19-12-7-15(2)13-18(19)14-20/h8-11,14-15,18-19H,3-7,12-13H2,1-2H3. The van der Waals surface area contributed by atoms with E-state index in [1.165, 1.54) is 55.9 Å². The predicted molar refractivity (Wildman–Crippen MR) is 85.0 cm³/mol. The molecule has 0 spiro atoms. The third-order valence-electron chi connectivity index (χ3n) is 4.81. The molecular weight excluding hydrogens is 244 g/mol. The summed E-state index contributed by atoms with van der Waals surface area (Å²) < 4.78 is 0. The molecule has 0 radical (unpaired) electrons. The van der Waals surface area contributed by atoms with Crippen LogP contribution >= 0.6 is 0 Å². The van der Waals surface area contributed by atoms with Gasteiger partial charge in [0, 0.05) is 5.92 Å². The van der Waals surface area contributed by atoms with Gasteiger partial charge in [0.15, 0.2) is 0 Å². The molecule has 0 amide bonds. The first-order valence-electron chi connectivity index (χ1n) is 8.28. The van der Waals surface area contributed by atoms with Crippen LogP contribution in [0.3, 0.4) is 0 Å². The molecule has 1 heteroatoms.